The van der Waals surface area contributed by atoms with Crippen molar-refractivity contribution >= 4 is 6.29 Å². The van der Waals surface area contributed by atoms with E-state index < -0.39 is 11.6 Å². The monoisotopic (exact) mass is 233 g/mol. The Hall–Kier alpha value is -1.19. The van der Waals surface area contributed by atoms with Crippen LogP contribution in [0.5, 0.6) is 0 Å². The molecule has 0 heterocycles. The van der Waals surface area contributed by atoms with Crippen molar-refractivity contribution in [2.24, 2.45) is 11.7 Å². The molecule has 1 saturated carbocycles. The molecule has 1 aromatic carbocycles. The molecule has 1 aromatic rings. The zero-order valence-corrected chi connectivity index (χ0v) is 9.88. The second-order valence-electron chi connectivity index (χ2n) is 4.86. The molecule has 0 radical (unpaired) electrons. The highest BCUT2D eigenvalue weighted by molar-refractivity contribution is 5.60. The molecule has 0 amide bonds. The first kappa shape index (κ1) is 12.3. The van der Waals surface area contributed by atoms with Gasteiger partial charge in [0.15, 0.2) is 6.29 Å². The van der Waals surface area contributed by atoms with Gasteiger partial charge in [-0.2, -0.15) is 0 Å². The first-order valence-corrected chi connectivity index (χ1v) is 6.17. The van der Waals surface area contributed by atoms with Gasteiger partial charge >= 0.3 is 0 Å². The number of aliphatic hydroxyl groups excluding tert-OH is 1. The predicted octanol–water partition coefficient (Wildman–Crippen LogP) is 1.59. The number of nitrogens with two attached hydrogens (primary N) is 1. The van der Waals surface area contributed by atoms with Crippen LogP contribution in [0.25, 0.3) is 0 Å². The number of aldehydes is 1. The third-order valence-electron chi connectivity index (χ3n) is 3.92. The van der Waals surface area contributed by atoms with E-state index in [9.17, 15) is 9.90 Å². The molecule has 1 fully saturated rings. The van der Waals surface area contributed by atoms with Crippen LogP contribution in [0, 0.1) is 5.92 Å². The largest absolute Gasteiger partial charge is 0.383 e. The Kier molecular flexibility index (Phi) is 3.60. The van der Waals surface area contributed by atoms with Crippen LogP contribution in [0.3, 0.4) is 0 Å². The van der Waals surface area contributed by atoms with Crippen LogP contribution >= 0.6 is 0 Å². The van der Waals surface area contributed by atoms with Gasteiger partial charge in [0.1, 0.15) is 6.10 Å². The van der Waals surface area contributed by atoms with E-state index in [1.54, 1.807) is 0 Å². The van der Waals surface area contributed by atoms with Gasteiger partial charge in [0, 0.05) is 0 Å². The summed E-state index contributed by atoms with van der Waals surface area (Å²) < 4.78 is 0. The molecule has 3 nitrogen and oxygen atoms in total. The molecule has 0 bridgehead atoms. The molecule has 17 heavy (non-hydrogen) atoms. The molecule has 1 aliphatic rings. The summed E-state index contributed by atoms with van der Waals surface area (Å²) in [6, 6.07) is 9.48. The topological polar surface area (TPSA) is 63.3 Å². The maximum Gasteiger partial charge on any atom is 0.150 e. The number of benzene rings is 1. The minimum atomic E-state index is -1.13. The van der Waals surface area contributed by atoms with Gasteiger partial charge in [-0.15, -0.1) is 0 Å². The number of hydrogen-bond acceptors (Lipinski definition) is 3. The van der Waals surface area contributed by atoms with Gasteiger partial charge in [-0.05, 0) is 24.3 Å². The third kappa shape index (κ3) is 2.13. The highest BCUT2D eigenvalue weighted by Crippen LogP contribution is 2.40. The van der Waals surface area contributed by atoms with Crippen LogP contribution < -0.4 is 5.73 Å². The lowest BCUT2D eigenvalue weighted by molar-refractivity contribution is -0.119. The number of rotatable bonds is 4. The summed E-state index contributed by atoms with van der Waals surface area (Å²) in [5.41, 5.74) is 6.32. The second kappa shape index (κ2) is 4.98. The van der Waals surface area contributed by atoms with E-state index in [1.165, 1.54) is 0 Å². The third-order valence-corrected chi connectivity index (χ3v) is 3.92. The maximum absolute atomic E-state index is 11.0. The van der Waals surface area contributed by atoms with Crippen LogP contribution in [0.4, 0.5) is 0 Å². The molecule has 2 atom stereocenters. The van der Waals surface area contributed by atoms with Crippen LogP contribution in [-0.4, -0.2) is 17.5 Å². The maximum atomic E-state index is 11.0. The molecule has 92 valence electrons. The first-order valence-electron chi connectivity index (χ1n) is 6.17. The van der Waals surface area contributed by atoms with Crippen molar-refractivity contribution in [2.45, 2.75) is 37.3 Å². The predicted molar refractivity (Wildman–Crippen MR) is 66.3 cm³/mol. The van der Waals surface area contributed by atoms with Crippen molar-refractivity contribution in [3.05, 3.63) is 35.9 Å². The van der Waals surface area contributed by atoms with E-state index in [0.717, 1.165) is 31.2 Å². The summed E-state index contributed by atoms with van der Waals surface area (Å²) in [6.45, 7) is 0. The lowest BCUT2D eigenvalue weighted by Gasteiger charge is -2.37. The normalized spacial score (nSPS) is 22.0. The Balaban J connectivity index is 2.39. The molecule has 0 aromatic heterocycles. The fourth-order valence-corrected chi connectivity index (χ4v) is 2.89. The van der Waals surface area contributed by atoms with E-state index in [0.29, 0.717) is 6.29 Å². The van der Waals surface area contributed by atoms with Crippen LogP contribution in [0.15, 0.2) is 30.3 Å². The van der Waals surface area contributed by atoms with Gasteiger partial charge in [-0.3, -0.25) is 0 Å². The summed E-state index contributed by atoms with van der Waals surface area (Å²) in [7, 11) is 0. The van der Waals surface area contributed by atoms with Gasteiger partial charge in [-0.1, -0.05) is 43.2 Å². The molecular formula is C14H19NO2. The van der Waals surface area contributed by atoms with Gasteiger partial charge in [0.2, 0.25) is 0 Å². The number of carbonyl (C=O) groups is 1. The Morgan fingerprint density at radius 3 is 2.41 bits per heavy atom. The van der Waals surface area contributed by atoms with Crippen LogP contribution in [-0.2, 0) is 10.3 Å². The minimum Gasteiger partial charge on any atom is -0.383 e. The zero-order chi connectivity index (χ0) is 12.3. The van der Waals surface area contributed by atoms with Crippen molar-refractivity contribution < 1.29 is 9.90 Å². The lowest BCUT2D eigenvalue weighted by Crippen LogP contribution is -2.53. The average molecular weight is 233 g/mol. The van der Waals surface area contributed by atoms with E-state index in [2.05, 4.69) is 0 Å². The smallest absolute Gasteiger partial charge is 0.150 e. The first-order chi connectivity index (χ1) is 8.19. The van der Waals surface area contributed by atoms with Crippen molar-refractivity contribution in [3.8, 4) is 0 Å². The van der Waals surface area contributed by atoms with Crippen molar-refractivity contribution in [1.82, 2.24) is 0 Å². The molecule has 3 heteroatoms. The molecule has 0 spiro atoms. The highest BCUT2D eigenvalue weighted by atomic mass is 16.3. The Bertz CT molecular complexity index is 373. The van der Waals surface area contributed by atoms with E-state index in [1.807, 2.05) is 30.3 Å². The molecule has 2 unspecified atom stereocenters. The fourth-order valence-electron chi connectivity index (χ4n) is 2.89. The van der Waals surface area contributed by atoms with Gasteiger partial charge in [0.05, 0.1) is 5.54 Å². The van der Waals surface area contributed by atoms with Crippen LogP contribution in [0.2, 0.25) is 0 Å². The summed E-state index contributed by atoms with van der Waals surface area (Å²) in [5, 5.41) is 10.00. The van der Waals surface area contributed by atoms with Gasteiger partial charge in [0.25, 0.3) is 0 Å². The van der Waals surface area contributed by atoms with Crippen LogP contribution in [0.1, 0.15) is 31.2 Å². The van der Waals surface area contributed by atoms with E-state index in [4.69, 9.17) is 5.73 Å². The highest BCUT2D eigenvalue weighted by Gasteiger charge is 2.43. The van der Waals surface area contributed by atoms with Crippen molar-refractivity contribution in [2.75, 3.05) is 0 Å². The molecular weight excluding hydrogens is 214 g/mol. The fraction of sp³-hybridized carbons (Fsp3) is 0.500. The van der Waals surface area contributed by atoms with Crippen molar-refractivity contribution in [1.29, 1.82) is 0 Å². The molecule has 1 aliphatic carbocycles. The molecule has 0 aliphatic heterocycles. The SMILES string of the molecule is NC(c1ccccc1)(C(O)C=O)C1CCCC1. The Morgan fingerprint density at radius 2 is 1.88 bits per heavy atom. The minimum absolute atomic E-state index is 0.185. The molecule has 0 saturated heterocycles. The summed E-state index contributed by atoms with van der Waals surface area (Å²) in [4.78, 5) is 11.0. The summed E-state index contributed by atoms with van der Waals surface area (Å²) in [6.07, 6.45) is 3.65. The Labute approximate surface area is 102 Å². The standard InChI is InChI=1S/C14H19NO2/c15-14(13(17)10-16,12-8-4-5-9-12)11-6-2-1-3-7-11/h1-3,6-7,10,12-13,17H,4-5,8-9,15H2. The van der Waals surface area contributed by atoms with E-state index >= 15 is 0 Å². The quantitative estimate of drug-likeness (QED) is 0.776. The van der Waals surface area contributed by atoms with E-state index in [-0.39, 0.29) is 5.92 Å². The van der Waals surface area contributed by atoms with Gasteiger partial charge in [-0.25, -0.2) is 0 Å². The number of carbonyl (C=O) groups excluding carboxylic acids is 1. The molecule has 3 N–H and O–H groups in total. The average Bonchev–Trinajstić information content (AvgIpc) is 2.92. The van der Waals surface area contributed by atoms with Crippen molar-refractivity contribution in [3.63, 3.8) is 0 Å². The Morgan fingerprint density at radius 1 is 1.29 bits per heavy atom. The molecule has 2 rings (SSSR count). The van der Waals surface area contributed by atoms with Gasteiger partial charge < -0.3 is 15.6 Å². The summed E-state index contributed by atoms with van der Waals surface area (Å²) >= 11 is 0. The second-order valence-corrected chi connectivity index (χ2v) is 4.86. The number of hydrogen-bond donors (Lipinski definition) is 2. The zero-order valence-electron chi connectivity index (χ0n) is 9.88. The lowest BCUT2D eigenvalue weighted by atomic mass is 9.74. The summed E-state index contributed by atoms with van der Waals surface area (Å²) in [5.74, 6) is 0.185. The number of aliphatic hydroxyl groups is 1.